The standard InChI is InChI=1S/C18H21FN2O4S/c1-4-16(18(22)20-15-7-5-6-8-17(15)25-2)21(26(3,23)24)14-11-9-13(19)10-12-14/h5-12,16H,4H2,1-3H3,(H,20,22)/t16-/m1/s1. The first-order valence-electron chi connectivity index (χ1n) is 7.96. The van der Waals surface area contributed by atoms with Gasteiger partial charge in [-0.25, -0.2) is 12.8 Å². The number of anilines is 2. The Kier molecular flexibility index (Phi) is 6.20. The van der Waals surface area contributed by atoms with Gasteiger partial charge in [-0.15, -0.1) is 0 Å². The van der Waals surface area contributed by atoms with E-state index in [2.05, 4.69) is 5.32 Å². The molecular weight excluding hydrogens is 359 g/mol. The first-order chi connectivity index (χ1) is 12.3. The Morgan fingerprint density at radius 3 is 2.35 bits per heavy atom. The molecule has 2 rings (SSSR count). The zero-order chi connectivity index (χ0) is 19.3. The summed E-state index contributed by atoms with van der Waals surface area (Å²) in [5.74, 6) is -0.538. The Morgan fingerprint density at radius 2 is 1.81 bits per heavy atom. The van der Waals surface area contributed by atoms with Crippen molar-refractivity contribution in [1.29, 1.82) is 0 Å². The topological polar surface area (TPSA) is 75.7 Å². The minimum Gasteiger partial charge on any atom is -0.495 e. The summed E-state index contributed by atoms with van der Waals surface area (Å²) in [6.45, 7) is 1.70. The Hall–Kier alpha value is -2.61. The molecule has 0 aliphatic rings. The molecule has 0 spiro atoms. The van der Waals surface area contributed by atoms with Gasteiger partial charge in [0.05, 0.1) is 24.7 Å². The molecular formula is C18H21FN2O4S. The molecule has 26 heavy (non-hydrogen) atoms. The van der Waals surface area contributed by atoms with E-state index in [4.69, 9.17) is 4.74 Å². The number of methoxy groups -OCH3 is 1. The summed E-state index contributed by atoms with van der Waals surface area (Å²) in [7, 11) is -2.30. The van der Waals surface area contributed by atoms with Gasteiger partial charge >= 0.3 is 0 Å². The zero-order valence-corrected chi connectivity index (χ0v) is 15.6. The normalized spacial score (nSPS) is 12.3. The number of ether oxygens (including phenoxy) is 1. The smallest absolute Gasteiger partial charge is 0.248 e. The Balaban J connectivity index is 2.38. The van der Waals surface area contributed by atoms with Crippen LogP contribution in [-0.4, -0.2) is 33.7 Å². The number of carbonyl (C=O) groups excluding carboxylic acids is 1. The largest absolute Gasteiger partial charge is 0.495 e. The molecule has 2 aromatic rings. The van der Waals surface area contributed by atoms with E-state index < -0.39 is 27.8 Å². The van der Waals surface area contributed by atoms with Gasteiger partial charge in [-0.05, 0) is 42.8 Å². The molecule has 0 aliphatic carbocycles. The third-order valence-corrected chi connectivity index (χ3v) is 4.96. The first-order valence-corrected chi connectivity index (χ1v) is 9.81. The molecule has 1 amide bonds. The number of rotatable bonds is 7. The van der Waals surface area contributed by atoms with Crippen LogP contribution in [0.15, 0.2) is 48.5 Å². The monoisotopic (exact) mass is 380 g/mol. The molecule has 2 aromatic carbocycles. The molecule has 0 fully saturated rings. The second-order valence-electron chi connectivity index (χ2n) is 5.65. The van der Waals surface area contributed by atoms with Crippen molar-refractivity contribution in [3.63, 3.8) is 0 Å². The van der Waals surface area contributed by atoms with Crippen LogP contribution in [0.3, 0.4) is 0 Å². The number of benzene rings is 2. The number of hydrogen-bond donors (Lipinski definition) is 1. The minimum absolute atomic E-state index is 0.218. The van der Waals surface area contributed by atoms with Gasteiger partial charge < -0.3 is 10.1 Å². The summed E-state index contributed by atoms with van der Waals surface area (Å²) >= 11 is 0. The summed E-state index contributed by atoms with van der Waals surface area (Å²) in [4.78, 5) is 12.8. The highest BCUT2D eigenvalue weighted by molar-refractivity contribution is 7.92. The molecule has 0 aromatic heterocycles. The summed E-state index contributed by atoms with van der Waals surface area (Å²) in [5.41, 5.74) is 0.655. The van der Waals surface area contributed by atoms with Crippen LogP contribution >= 0.6 is 0 Å². The fourth-order valence-electron chi connectivity index (χ4n) is 2.61. The van der Waals surface area contributed by atoms with Crippen molar-refractivity contribution >= 4 is 27.3 Å². The molecule has 0 unspecified atom stereocenters. The third kappa shape index (κ3) is 4.51. The van der Waals surface area contributed by atoms with Crippen molar-refractivity contribution in [2.75, 3.05) is 23.0 Å². The molecule has 1 atom stereocenters. The molecule has 6 nitrogen and oxygen atoms in total. The van der Waals surface area contributed by atoms with Gasteiger partial charge in [0.15, 0.2) is 0 Å². The van der Waals surface area contributed by atoms with E-state index in [9.17, 15) is 17.6 Å². The second-order valence-corrected chi connectivity index (χ2v) is 7.51. The van der Waals surface area contributed by atoms with Gasteiger partial charge in [0, 0.05) is 0 Å². The molecule has 8 heteroatoms. The van der Waals surface area contributed by atoms with Gasteiger partial charge in [-0.2, -0.15) is 0 Å². The highest BCUT2D eigenvalue weighted by atomic mass is 32.2. The third-order valence-electron chi connectivity index (χ3n) is 3.78. The van der Waals surface area contributed by atoms with Crippen LogP contribution < -0.4 is 14.4 Å². The van der Waals surface area contributed by atoms with E-state index in [1.54, 1.807) is 31.2 Å². The molecule has 0 aliphatic heterocycles. The maximum atomic E-state index is 13.2. The number of carbonyl (C=O) groups is 1. The van der Waals surface area contributed by atoms with E-state index in [-0.39, 0.29) is 12.1 Å². The Bertz CT molecular complexity index is 869. The predicted molar refractivity (Wildman–Crippen MR) is 99.4 cm³/mol. The fraction of sp³-hybridized carbons (Fsp3) is 0.278. The number of sulfonamides is 1. The average Bonchev–Trinajstić information content (AvgIpc) is 2.60. The molecule has 140 valence electrons. The maximum absolute atomic E-state index is 13.2. The van der Waals surface area contributed by atoms with Crippen LogP contribution in [0.2, 0.25) is 0 Å². The lowest BCUT2D eigenvalue weighted by Crippen LogP contribution is -2.47. The van der Waals surface area contributed by atoms with E-state index in [1.165, 1.54) is 19.2 Å². The van der Waals surface area contributed by atoms with E-state index in [0.717, 1.165) is 22.7 Å². The van der Waals surface area contributed by atoms with Crippen molar-refractivity contribution in [2.24, 2.45) is 0 Å². The molecule has 0 radical (unpaired) electrons. The van der Waals surface area contributed by atoms with Crippen LogP contribution in [0.5, 0.6) is 5.75 Å². The van der Waals surface area contributed by atoms with Gasteiger partial charge in [-0.3, -0.25) is 9.10 Å². The highest BCUT2D eigenvalue weighted by Crippen LogP contribution is 2.26. The van der Waals surface area contributed by atoms with E-state index >= 15 is 0 Å². The van der Waals surface area contributed by atoms with Crippen LogP contribution in [0.4, 0.5) is 15.8 Å². The molecule has 0 saturated heterocycles. The number of nitrogens with one attached hydrogen (secondary N) is 1. The summed E-state index contributed by atoms with van der Waals surface area (Å²) in [6, 6.07) is 10.8. The zero-order valence-electron chi connectivity index (χ0n) is 14.8. The molecule has 1 N–H and O–H groups in total. The SMILES string of the molecule is CC[C@H](C(=O)Nc1ccccc1OC)N(c1ccc(F)cc1)S(C)(=O)=O. The number of para-hydroxylation sites is 2. The second kappa shape index (κ2) is 8.18. The predicted octanol–water partition coefficient (Wildman–Crippen LogP) is 3.02. The molecule has 0 heterocycles. The Labute approximate surface area is 152 Å². The quantitative estimate of drug-likeness (QED) is 0.801. The summed E-state index contributed by atoms with van der Waals surface area (Å²) < 4.78 is 44.0. The Morgan fingerprint density at radius 1 is 1.19 bits per heavy atom. The van der Waals surface area contributed by atoms with Gasteiger partial charge in [-0.1, -0.05) is 19.1 Å². The first kappa shape index (κ1) is 19.7. The van der Waals surface area contributed by atoms with Crippen LogP contribution in [0, 0.1) is 5.82 Å². The summed E-state index contributed by atoms with van der Waals surface area (Å²) in [6.07, 6.45) is 1.24. The van der Waals surface area contributed by atoms with Gasteiger partial charge in [0.2, 0.25) is 15.9 Å². The van der Waals surface area contributed by atoms with Crippen molar-refractivity contribution < 1.29 is 22.3 Å². The van der Waals surface area contributed by atoms with E-state index in [0.29, 0.717) is 11.4 Å². The van der Waals surface area contributed by atoms with Crippen LogP contribution in [0.25, 0.3) is 0 Å². The minimum atomic E-state index is -3.78. The van der Waals surface area contributed by atoms with Crippen LogP contribution in [0.1, 0.15) is 13.3 Å². The number of hydrogen-bond acceptors (Lipinski definition) is 4. The van der Waals surface area contributed by atoms with Gasteiger partial charge in [0.1, 0.15) is 17.6 Å². The lowest BCUT2D eigenvalue weighted by Gasteiger charge is -2.30. The lowest BCUT2D eigenvalue weighted by atomic mass is 10.1. The maximum Gasteiger partial charge on any atom is 0.248 e. The average molecular weight is 380 g/mol. The molecule has 0 saturated carbocycles. The lowest BCUT2D eigenvalue weighted by molar-refractivity contribution is -0.117. The number of halogens is 1. The number of amides is 1. The van der Waals surface area contributed by atoms with Crippen molar-refractivity contribution in [3.05, 3.63) is 54.3 Å². The fourth-order valence-corrected chi connectivity index (χ4v) is 3.82. The van der Waals surface area contributed by atoms with E-state index in [1.807, 2.05) is 0 Å². The molecule has 0 bridgehead atoms. The van der Waals surface area contributed by atoms with Gasteiger partial charge in [0.25, 0.3) is 0 Å². The summed E-state index contributed by atoms with van der Waals surface area (Å²) in [5, 5.41) is 2.70. The highest BCUT2D eigenvalue weighted by Gasteiger charge is 2.31. The number of nitrogens with zero attached hydrogens (tertiary/aromatic N) is 1. The van der Waals surface area contributed by atoms with Crippen molar-refractivity contribution in [1.82, 2.24) is 0 Å². The van der Waals surface area contributed by atoms with Crippen molar-refractivity contribution in [3.8, 4) is 5.75 Å². The van der Waals surface area contributed by atoms with Crippen molar-refractivity contribution in [2.45, 2.75) is 19.4 Å². The van der Waals surface area contributed by atoms with Crippen LogP contribution in [-0.2, 0) is 14.8 Å².